The monoisotopic (exact) mass is 345 g/mol. The number of carbonyl (C=O) groups excluding carboxylic acids is 1. The normalized spacial score (nSPS) is 10.6. The fourth-order valence-electron chi connectivity index (χ4n) is 1.96. The van der Waals surface area contributed by atoms with Crippen molar-refractivity contribution in [3.8, 4) is 17.1 Å². The van der Waals surface area contributed by atoms with E-state index >= 15 is 0 Å². The highest BCUT2D eigenvalue weighted by Crippen LogP contribution is 2.24. The van der Waals surface area contributed by atoms with Crippen molar-refractivity contribution in [2.45, 2.75) is 0 Å². The van der Waals surface area contributed by atoms with Gasteiger partial charge in [-0.2, -0.15) is 5.10 Å². The molecule has 0 aliphatic rings. The number of aldehydes is 1. The molecule has 0 aliphatic carbocycles. The Hall–Kier alpha value is -2.34. The first kappa shape index (κ1) is 13.6. The van der Waals surface area contributed by atoms with Gasteiger partial charge in [-0.3, -0.25) is 4.79 Å². The summed E-state index contributed by atoms with van der Waals surface area (Å²) in [7, 11) is 0. The molecule has 3 aromatic rings. The minimum Gasteiger partial charge on any atom is -0.298 e. The van der Waals surface area contributed by atoms with Crippen LogP contribution in [0.1, 0.15) is 10.4 Å². The molecule has 0 fully saturated rings. The molecule has 0 spiro atoms. The van der Waals surface area contributed by atoms with Gasteiger partial charge < -0.3 is 0 Å². The van der Waals surface area contributed by atoms with Crippen molar-refractivity contribution >= 4 is 22.2 Å². The van der Waals surface area contributed by atoms with Gasteiger partial charge in [-0.1, -0.05) is 12.1 Å². The van der Waals surface area contributed by atoms with Crippen molar-refractivity contribution < 1.29 is 9.18 Å². The first-order valence-corrected chi connectivity index (χ1v) is 6.90. The number of benzene rings is 1. The molecule has 0 unspecified atom stereocenters. The van der Waals surface area contributed by atoms with Crippen LogP contribution < -0.4 is 0 Å². The minimum atomic E-state index is -0.422. The van der Waals surface area contributed by atoms with Gasteiger partial charge >= 0.3 is 0 Å². The van der Waals surface area contributed by atoms with E-state index in [-0.39, 0.29) is 5.56 Å². The van der Waals surface area contributed by atoms with Crippen molar-refractivity contribution in [2.75, 3.05) is 0 Å². The zero-order valence-electron chi connectivity index (χ0n) is 10.7. The molecule has 21 heavy (non-hydrogen) atoms. The fraction of sp³-hybridized carbons (Fsp3) is 0. The summed E-state index contributed by atoms with van der Waals surface area (Å²) < 4.78 is 16.2. The third-order valence-corrected chi connectivity index (χ3v) is 3.41. The molecular formula is C15H9BrFN3O. The van der Waals surface area contributed by atoms with Gasteiger partial charge in [-0.05, 0) is 40.2 Å². The standard InChI is InChI=1S/C15H9BrFN3O/c16-11-5-6-14(18-7-11)20-8-10(9-21)15(19-20)12-3-1-2-4-13(12)17/h1-9H. The van der Waals surface area contributed by atoms with E-state index < -0.39 is 5.82 Å². The van der Waals surface area contributed by atoms with Crippen LogP contribution in [0, 0.1) is 5.82 Å². The number of rotatable bonds is 3. The van der Waals surface area contributed by atoms with E-state index in [1.165, 1.54) is 16.9 Å². The predicted molar refractivity (Wildman–Crippen MR) is 79.8 cm³/mol. The summed E-state index contributed by atoms with van der Waals surface area (Å²) in [5.74, 6) is 0.124. The molecule has 6 heteroatoms. The zero-order chi connectivity index (χ0) is 14.8. The van der Waals surface area contributed by atoms with Crippen LogP contribution in [0.25, 0.3) is 17.1 Å². The molecule has 0 N–H and O–H groups in total. The molecule has 104 valence electrons. The lowest BCUT2D eigenvalue weighted by molar-refractivity contribution is 0.112. The molecule has 3 rings (SSSR count). The van der Waals surface area contributed by atoms with Crippen molar-refractivity contribution in [2.24, 2.45) is 0 Å². The van der Waals surface area contributed by atoms with E-state index in [2.05, 4.69) is 26.0 Å². The molecule has 4 nitrogen and oxygen atoms in total. The second kappa shape index (κ2) is 5.57. The van der Waals surface area contributed by atoms with Crippen molar-refractivity contribution in [1.29, 1.82) is 0 Å². The maximum atomic E-state index is 13.9. The third-order valence-electron chi connectivity index (χ3n) is 2.94. The molecule has 0 bridgehead atoms. The Morgan fingerprint density at radius 1 is 1.19 bits per heavy atom. The number of nitrogens with zero attached hydrogens (tertiary/aromatic N) is 3. The second-order valence-electron chi connectivity index (χ2n) is 4.31. The van der Waals surface area contributed by atoms with E-state index in [0.717, 1.165) is 4.47 Å². The molecular weight excluding hydrogens is 337 g/mol. The number of pyridine rings is 1. The van der Waals surface area contributed by atoms with Gasteiger partial charge in [0, 0.05) is 22.4 Å². The maximum absolute atomic E-state index is 13.9. The Labute approximate surface area is 128 Å². The molecule has 1 aromatic carbocycles. The van der Waals surface area contributed by atoms with Gasteiger partial charge in [0.15, 0.2) is 12.1 Å². The summed E-state index contributed by atoms with van der Waals surface area (Å²) in [6, 6.07) is 9.77. The topological polar surface area (TPSA) is 47.8 Å². The van der Waals surface area contributed by atoms with Crippen LogP contribution in [0.3, 0.4) is 0 Å². The summed E-state index contributed by atoms with van der Waals surface area (Å²) in [6.07, 6.45) is 3.81. The summed E-state index contributed by atoms with van der Waals surface area (Å²) in [4.78, 5) is 15.4. The summed E-state index contributed by atoms with van der Waals surface area (Å²) in [6.45, 7) is 0. The molecule has 0 saturated heterocycles. The van der Waals surface area contributed by atoms with Crippen LogP contribution >= 0.6 is 15.9 Å². The fourth-order valence-corrected chi connectivity index (χ4v) is 2.19. The van der Waals surface area contributed by atoms with E-state index in [9.17, 15) is 9.18 Å². The van der Waals surface area contributed by atoms with Crippen LogP contribution in [-0.4, -0.2) is 21.1 Å². The lowest BCUT2D eigenvalue weighted by Gasteiger charge is -2.01. The van der Waals surface area contributed by atoms with Gasteiger partial charge in [-0.15, -0.1) is 0 Å². The van der Waals surface area contributed by atoms with Crippen LogP contribution in [0.2, 0.25) is 0 Å². The molecule has 0 saturated carbocycles. The van der Waals surface area contributed by atoms with Crippen molar-refractivity contribution in [3.63, 3.8) is 0 Å². The van der Waals surface area contributed by atoms with Gasteiger partial charge in [0.05, 0.1) is 5.56 Å². The van der Waals surface area contributed by atoms with E-state index in [0.29, 0.717) is 23.4 Å². The van der Waals surface area contributed by atoms with Gasteiger partial charge in [0.25, 0.3) is 0 Å². The Morgan fingerprint density at radius 2 is 2.00 bits per heavy atom. The molecule has 0 amide bonds. The minimum absolute atomic E-state index is 0.287. The first-order valence-electron chi connectivity index (χ1n) is 6.10. The summed E-state index contributed by atoms with van der Waals surface area (Å²) in [5.41, 5.74) is 0.896. The number of halogens is 2. The zero-order valence-corrected chi connectivity index (χ0v) is 12.3. The molecule has 0 atom stereocenters. The smallest absolute Gasteiger partial charge is 0.153 e. The maximum Gasteiger partial charge on any atom is 0.153 e. The van der Waals surface area contributed by atoms with Crippen LogP contribution in [0.4, 0.5) is 4.39 Å². The van der Waals surface area contributed by atoms with Crippen molar-refractivity contribution in [3.05, 3.63) is 64.6 Å². The lowest BCUT2D eigenvalue weighted by Crippen LogP contribution is -1.97. The molecule has 2 aromatic heterocycles. The average molecular weight is 346 g/mol. The van der Waals surface area contributed by atoms with Gasteiger partial charge in [0.2, 0.25) is 0 Å². The van der Waals surface area contributed by atoms with E-state index in [1.54, 1.807) is 30.5 Å². The Balaban J connectivity index is 2.13. The molecule has 2 heterocycles. The number of hydrogen-bond donors (Lipinski definition) is 0. The predicted octanol–water partition coefficient (Wildman–Crippen LogP) is 3.65. The summed E-state index contributed by atoms with van der Waals surface area (Å²) >= 11 is 3.30. The first-order chi connectivity index (χ1) is 10.2. The van der Waals surface area contributed by atoms with Crippen LogP contribution in [-0.2, 0) is 0 Å². The summed E-state index contributed by atoms with van der Waals surface area (Å²) in [5, 5.41) is 4.28. The number of carbonyl (C=O) groups is 1. The van der Waals surface area contributed by atoms with E-state index in [4.69, 9.17) is 0 Å². The number of aromatic nitrogens is 3. The Kier molecular flexibility index (Phi) is 3.62. The van der Waals surface area contributed by atoms with Gasteiger partial charge in [0.1, 0.15) is 11.5 Å². The Bertz CT molecular complexity index is 799. The van der Waals surface area contributed by atoms with Gasteiger partial charge in [-0.25, -0.2) is 14.1 Å². The number of hydrogen-bond acceptors (Lipinski definition) is 3. The highest BCUT2D eigenvalue weighted by molar-refractivity contribution is 9.10. The third kappa shape index (κ3) is 2.62. The average Bonchev–Trinajstić information content (AvgIpc) is 2.92. The largest absolute Gasteiger partial charge is 0.298 e. The Morgan fingerprint density at radius 3 is 2.67 bits per heavy atom. The molecule has 0 aliphatic heterocycles. The highest BCUT2D eigenvalue weighted by atomic mass is 79.9. The highest BCUT2D eigenvalue weighted by Gasteiger charge is 2.15. The van der Waals surface area contributed by atoms with Crippen LogP contribution in [0.5, 0.6) is 0 Å². The lowest BCUT2D eigenvalue weighted by atomic mass is 10.1. The quantitative estimate of drug-likeness (QED) is 0.680. The van der Waals surface area contributed by atoms with Crippen molar-refractivity contribution in [1.82, 2.24) is 14.8 Å². The van der Waals surface area contributed by atoms with Crippen LogP contribution in [0.15, 0.2) is 53.3 Å². The molecule has 0 radical (unpaired) electrons. The van der Waals surface area contributed by atoms with E-state index in [1.807, 2.05) is 6.07 Å². The second-order valence-corrected chi connectivity index (χ2v) is 5.23. The SMILES string of the molecule is O=Cc1cn(-c2ccc(Br)cn2)nc1-c1ccccc1F.